The van der Waals surface area contributed by atoms with Crippen LogP contribution in [0.1, 0.15) is 69.9 Å². The number of esters is 1. The zero-order chi connectivity index (χ0) is 24.2. The number of carbonyl (C=O) groups is 2. The highest BCUT2D eigenvalue weighted by molar-refractivity contribution is 6.09. The van der Waals surface area contributed by atoms with Crippen LogP contribution in [-0.2, 0) is 14.3 Å². The van der Waals surface area contributed by atoms with Gasteiger partial charge >= 0.3 is 5.97 Å². The lowest BCUT2D eigenvalue weighted by atomic mass is 9.69. The van der Waals surface area contributed by atoms with Gasteiger partial charge in [0.05, 0.1) is 12.7 Å². The van der Waals surface area contributed by atoms with E-state index in [0.29, 0.717) is 30.7 Å². The molecule has 34 heavy (non-hydrogen) atoms. The molecule has 2 aliphatic rings. The molecule has 0 N–H and O–H groups in total. The van der Waals surface area contributed by atoms with Gasteiger partial charge in [0.15, 0.2) is 5.78 Å². The van der Waals surface area contributed by atoms with Crippen LogP contribution in [0.2, 0.25) is 0 Å². The molecular formula is C29H33NO4. The topological polar surface area (TPSA) is 65.0 Å². The molecule has 1 aliphatic heterocycles. The lowest BCUT2D eigenvalue weighted by molar-refractivity contribution is -0.151. The molecule has 0 spiro atoms. The SMILES string of the molecule is CCOc1ccc([C@@H]2C3=C(C[C@@H](c4ccccc4)CC3=O)N=C(C)C2C(=O)O[C@H](C)CC)cc1. The first-order valence-electron chi connectivity index (χ1n) is 12.2. The summed E-state index contributed by atoms with van der Waals surface area (Å²) >= 11 is 0. The van der Waals surface area contributed by atoms with Gasteiger partial charge in [-0.1, -0.05) is 49.4 Å². The molecule has 2 aromatic carbocycles. The average molecular weight is 460 g/mol. The van der Waals surface area contributed by atoms with Crippen molar-refractivity contribution >= 4 is 17.5 Å². The molecule has 178 valence electrons. The normalized spacial score (nSPS) is 23.1. The van der Waals surface area contributed by atoms with Crippen LogP contribution < -0.4 is 4.74 Å². The number of hydrogen-bond donors (Lipinski definition) is 0. The Labute approximate surface area is 201 Å². The van der Waals surface area contributed by atoms with Gasteiger partial charge in [-0.3, -0.25) is 14.6 Å². The maximum absolute atomic E-state index is 13.6. The van der Waals surface area contributed by atoms with Crippen molar-refractivity contribution < 1.29 is 19.1 Å². The number of allylic oxidation sites excluding steroid dienone is 2. The summed E-state index contributed by atoms with van der Waals surface area (Å²) < 4.78 is 11.4. The Balaban J connectivity index is 1.76. The Morgan fingerprint density at radius 2 is 1.74 bits per heavy atom. The van der Waals surface area contributed by atoms with Crippen LogP contribution in [0.4, 0.5) is 0 Å². The van der Waals surface area contributed by atoms with Gasteiger partial charge in [-0.15, -0.1) is 0 Å². The third-order valence-corrected chi connectivity index (χ3v) is 6.86. The van der Waals surface area contributed by atoms with Gasteiger partial charge in [-0.2, -0.15) is 0 Å². The van der Waals surface area contributed by atoms with Crippen molar-refractivity contribution in [2.75, 3.05) is 6.61 Å². The highest BCUT2D eigenvalue weighted by Gasteiger charge is 2.45. The van der Waals surface area contributed by atoms with E-state index in [1.165, 1.54) is 0 Å². The van der Waals surface area contributed by atoms with E-state index in [-0.39, 0.29) is 23.8 Å². The minimum atomic E-state index is -0.622. The van der Waals surface area contributed by atoms with E-state index in [4.69, 9.17) is 14.5 Å². The van der Waals surface area contributed by atoms with Gasteiger partial charge in [0, 0.05) is 29.3 Å². The third-order valence-electron chi connectivity index (χ3n) is 6.86. The standard InChI is InChI=1S/C29H33NO4/c1-5-18(3)34-29(32)26-19(4)30-24-16-22(20-10-8-7-9-11-20)17-25(31)28(24)27(26)21-12-14-23(15-13-21)33-6-2/h7-15,18,22,26-27H,5-6,16-17H2,1-4H3/t18-,22-,26?,27+/m1/s1. The van der Waals surface area contributed by atoms with Crippen LogP contribution in [-0.4, -0.2) is 30.2 Å². The van der Waals surface area contributed by atoms with Crippen LogP contribution in [0.5, 0.6) is 5.75 Å². The summed E-state index contributed by atoms with van der Waals surface area (Å²) in [5, 5.41) is 0. The molecule has 4 atom stereocenters. The molecule has 5 heteroatoms. The van der Waals surface area contributed by atoms with Crippen molar-refractivity contribution in [1.29, 1.82) is 0 Å². The fourth-order valence-electron chi connectivity index (χ4n) is 4.98. The van der Waals surface area contributed by atoms with E-state index in [9.17, 15) is 9.59 Å². The summed E-state index contributed by atoms with van der Waals surface area (Å²) in [4.78, 5) is 31.8. The number of hydrogen-bond acceptors (Lipinski definition) is 5. The fourth-order valence-corrected chi connectivity index (χ4v) is 4.98. The van der Waals surface area contributed by atoms with E-state index in [1.807, 2.05) is 70.2 Å². The first-order chi connectivity index (χ1) is 16.4. The maximum Gasteiger partial charge on any atom is 0.315 e. The van der Waals surface area contributed by atoms with E-state index >= 15 is 0 Å². The number of ketones is 1. The second-order valence-corrected chi connectivity index (χ2v) is 9.17. The van der Waals surface area contributed by atoms with Crippen LogP contribution in [0.25, 0.3) is 0 Å². The molecule has 5 nitrogen and oxygen atoms in total. The molecule has 2 aromatic rings. The number of benzene rings is 2. The molecule has 0 radical (unpaired) electrons. The molecule has 0 saturated carbocycles. The Morgan fingerprint density at radius 1 is 1.03 bits per heavy atom. The van der Waals surface area contributed by atoms with Crippen molar-refractivity contribution in [3.05, 3.63) is 77.0 Å². The summed E-state index contributed by atoms with van der Waals surface area (Å²) in [5.41, 5.74) is 4.21. The molecule has 1 aliphatic carbocycles. The van der Waals surface area contributed by atoms with Gasteiger partial charge in [0.2, 0.25) is 0 Å². The van der Waals surface area contributed by atoms with Gasteiger partial charge in [0.1, 0.15) is 11.7 Å². The summed E-state index contributed by atoms with van der Waals surface area (Å²) in [6, 6.07) is 17.8. The first-order valence-corrected chi connectivity index (χ1v) is 12.2. The fraction of sp³-hybridized carbons (Fsp3) is 0.414. The molecule has 0 fully saturated rings. The Kier molecular flexibility index (Phi) is 7.30. The zero-order valence-corrected chi connectivity index (χ0v) is 20.4. The number of Topliss-reactive ketones (excluding diaryl/α,β-unsaturated/α-hetero) is 1. The van der Waals surface area contributed by atoms with Crippen LogP contribution in [0.3, 0.4) is 0 Å². The van der Waals surface area contributed by atoms with Gasteiger partial charge < -0.3 is 9.47 Å². The first kappa shape index (κ1) is 23.9. The van der Waals surface area contributed by atoms with E-state index in [0.717, 1.165) is 29.0 Å². The maximum atomic E-state index is 13.6. The number of aliphatic imine (C=N–C) groups is 1. The lowest BCUT2D eigenvalue weighted by Gasteiger charge is -2.37. The number of nitrogens with zero attached hydrogens (tertiary/aromatic N) is 1. The largest absolute Gasteiger partial charge is 0.494 e. The monoisotopic (exact) mass is 459 g/mol. The van der Waals surface area contributed by atoms with Crippen LogP contribution >= 0.6 is 0 Å². The van der Waals surface area contributed by atoms with Crippen LogP contribution in [0.15, 0.2) is 70.9 Å². The predicted octanol–water partition coefficient (Wildman–Crippen LogP) is 6.00. The van der Waals surface area contributed by atoms with Crippen molar-refractivity contribution in [3.8, 4) is 5.75 Å². The van der Waals surface area contributed by atoms with E-state index in [2.05, 4.69) is 12.1 Å². The molecule has 0 amide bonds. The number of rotatable bonds is 7. The molecule has 0 saturated heterocycles. The second kappa shape index (κ2) is 10.4. The van der Waals surface area contributed by atoms with Crippen LogP contribution in [0, 0.1) is 5.92 Å². The minimum Gasteiger partial charge on any atom is -0.494 e. The second-order valence-electron chi connectivity index (χ2n) is 9.17. The molecule has 1 unspecified atom stereocenters. The Hall–Kier alpha value is -3.21. The molecule has 0 bridgehead atoms. The van der Waals surface area contributed by atoms with E-state index < -0.39 is 11.8 Å². The van der Waals surface area contributed by atoms with Gasteiger partial charge in [-0.25, -0.2) is 0 Å². The number of ether oxygens (including phenoxy) is 2. The summed E-state index contributed by atoms with van der Waals surface area (Å²) in [6.07, 6.45) is 1.64. The zero-order valence-electron chi connectivity index (χ0n) is 20.4. The smallest absolute Gasteiger partial charge is 0.315 e. The van der Waals surface area contributed by atoms with Gasteiger partial charge in [-0.05, 0) is 62.8 Å². The lowest BCUT2D eigenvalue weighted by Crippen LogP contribution is -2.39. The average Bonchev–Trinajstić information content (AvgIpc) is 2.84. The van der Waals surface area contributed by atoms with Crippen molar-refractivity contribution in [3.63, 3.8) is 0 Å². The summed E-state index contributed by atoms with van der Waals surface area (Å²) in [5.74, 6) is -0.439. The predicted molar refractivity (Wildman–Crippen MR) is 133 cm³/mol. The summed E-state index contributed by atoms with van der Waals surface area (Å²) in [6.45, 7) is 8.27. The van der Waals surface area contributed by atoms with Crippen molar-refractivity contribution in [2.24, 2.45) is 10.9 Å². The van der Waals surface area contributed by atoms with Gasteiger partial charge in [0.25, 0.3) is 0 Å². The molecular weight excluding hydrogens is 426 g/mol. The highest BCUT2D eigenvalue weighted by Crippen LogP contribution is 2.47. The quantitative estimate of drug-likeness (QED) is 0.476. The van der Waals surface area contributed by atoms with E-state index in [1.54, 1.807) is 0 Å². The highest BCUT2D eigenvalue weighted by atomic mass is 16.5. The van der Waals surface area contributed by atoms with Crippen molar-refractivity contribution in [1.82, 2.24) is 0 Å². The van der Waals surface area contributed by atoms with Crippen molar-refractivity contribution in [2.45, 2.75) is 64.9 Å². The Bertz CT molecular complexity index is 1100. The summed E-state index contributed by atoms with van der Waals surface area (Å²) in [7, 11) is 0. The number of carbonyl (C=O) groups excluding carboxylic acids is 2. The molecule has 1 heterocycles. The molecule has 4 rings (SSSR count). The minimum absolute atomic E-state index is 0.0616. The molecule has 0 aromatic heterocycles. The third kappa shape index (κ3) is 4.84. The Morgan fingerprint density at radius 3 is 2.38 bits per heavy atom.